The molecule has 0 saturated carbocycles. The number of fused-ring (bicyclic) bond motifs is 2. The molecule has 1 fully saturated rings. The summed E-state index contributed by atoms with van der Waals surface area (Å²) in [7, 11) is 1.62. The molecule has 1 aromatic carbocycles. The maximum atomic E-state index is 12.8. The number of hydrogen-bond acceptors (Lipinski definition) is 6. The first kappa shape index (κ1) is 20.5. The lowest BCUT2D eigenvalue weighted by Crippen LogP contribution is -2.28. The lowest BCUT2D eigenvalue weighted by molar-refractivity contribution is 0.0769. The van der Waals surface area contributed by atoms with Crippen LogP contribution in [0, 0.1) is 6.92 Å². The van der Waals surface area contributed by atoms with E-state index in [0.29, 0.717) is 24.4 Å². The van der Waals surface area contributed by atoms with Gasteiger partial charge in [-0.3, -0.25) is 14.3 Å². The van der Waals surface area contributed by atoms with Gasteiger partial charge in [0.25, 0.3) is 5.91 Å². The highest BCUT2D eigenvalue weighted by molar-refractivity contribution is 7.21. The molecule has 0 aliphatic carbocycles. The quantitative estimate of drug-likeness (QED) is 0.443. The van der Waals surface area contributed by atoms with Gasteiger partial charge in [-0.25, -0.2) is 4.79 Å². The summed E-state index contributed by atoms with van der Waals surface area (Å²) in [6, 6.07) is 11.4. The molecule has 0 spiro atoms. The van der Waals surface area contributed by atoms with Crippen LogP contribution in [-0.2, 0) is 0 Å². The Morgan fingerprint density at radius 3 is 2.81 bits per heavy atom. The Balaban J connectivity index is 1.46. The molecule has 5 rings (SSSR count). The minimum atomic E-state index is -0.444. The second-order valence-corrected chi connectivity index (χ2v) is 9.00. The molecule has 3 aromatic heterocycles. The molecule has 164 valence electrons. The van der Waals surface area contributed by atoms with Gasteiger partial charge in [-0.1, -0.05) is 0 Å². The maximum absolute atomic E-state index is 12.8. The summed E-state index contributed by atoms with van der Waals surface area (Å²) in [5.74, 6) is -0.0667. The van der Waals surface area contributed by atoms with Crippen LogP contribution in [0.5, 0.6) is 0 Å². The van der Waals surface area contributed by atoms with E-state index in [9.17, 15) is 14.7 Å². The van der Waals surface area contributed by atoms with Crippen molar-refractivity contribution in [3.05, 3.63) is 53.2 Å². The monoisotopic (exact) mass is 449 g/mol. The molecule has 2 amide bonds. The fourth-order valence-corrected chi connectivity index (χ4v) is 5.24. The number of aryl methyl sites for hydroxylation is 1. The molecule has 9 heteroatoms. The van der Waals surface area contributed by atoms with Crippen LogP contribution in [0.25, 0.3) is 21.1 Å². The Kier molecular flexibility index (Phi) is 5.07. The van der Waals surface area contributed by atoms with Crippen molar-refractivity contribution in [3.8, 4) is 0 Å². The van der Waals surface area contributed by atoms with Gasteiger partial charge >= 0.3 is 6.03 Å². The van der Waals surface area contributed by atoms with Gasteiger partial charge in [-0.05, 0) is 49.7 Å². The normalized spacial score (nSPS) is 16.1. The number of aliphatic hydroxyl groups is 1. The largest absolute Gasteiger partial charge is 0.391 e. The Morgan fingerprint density at radius 1 is 1.22 bits per heavy atom. The Bertz CT molecular complexity index is 1360. The first-order chi connectivity index (χ1) is 15.4. The molecule has 0 radical (unpaired) electrons. The standard InChI is InChI=1S/C23H23N5O3S/c1-13-9-14-10-15(3-4-19(14)28(13)23(31)24-2)26-17-5-7-25-18-11-20(32-21(17)18)22(30)27-8-6-16(29)12-27/h3-5,7,9-11,16,29H,6,8,12H2,1-2H3,(H,24,31)(H,25,26)/t16-/m1/s1. The van der Waals surface area contributed by atoms with Crippen molar-refractivity contribution in [2.75, 3.05) is 25.5 Å². The molecule has 1 atom stereocenters. The predicted molar refractivity (Wildman–Crippen MR) is 126 cm³/mol. The van der Waals surface area contributed by atoms with Gasteiger partial charge in [0.15, 0.2) is 0 Å². The van der Waals surface area contributed by atoms with Gasteiger partial charge in [0.2, 0.25) is 0 Å². The van der Waals surface area contributed by atoms with Crippen LogP contribution in [0.3, 0.4) is 0 Å². The molecule has 1 aliphatic rings. The highest BCUT2D eigenvalue weighted by Crippen LogP contribution is 2.34. The minimum absolute atomic E-state index is 0.0667. The number of anilines is 2. The van der Waals surface area contributed by atoms with E-state index < -0.39 is 6.10 Å². The van der Waals surface area contributed by atoms with E-state index in [4.69, 9.17) is 0 Å². The minimum Gasteiger partial charge on any atom is -0.391 e. The van der Waals surface area contributed by atoms with Gasteiger partial charge in [0.1, 0.15) is 0 Å². The predicted octanol–water partition coefficient (Wildman–Crippen LogP) is 3.70. The van der Waals surface area contributed by atoms with Crippen molar-refractivity contribution in [1.82, 2.24) is 19.8 Å². The van der Waals surface area contributed by atoms with Gasteiger partial charge in [0.05, 0.1) is 32.4 Å². The van der Waals surface area contributed by atoms with Crippen molar-refractivity contribution < 1.29 is 14.7 Å². The van der Waals surface area contributed by atoms with Crippen LogP contribution in [0.4, 0.5) is 16.2 Å². The van der Waals surface area contributed by atoms with E-state index in [2.05, 4.69) is 15.6 Å². The topological polar surface area (TPSA) is 99.5 Å². The van der Waals surface area contributed by atoms with Crippen LogP contribution in [0.15, 0.2) is 42.6 Å². The van der Waals surface area contributed by atoms with E-state index in [1.807, 2.05) is 43.3 Å². The molecule has 4 heterocycles. The SMILES string of the molecule is CNC(=O)n1c(C)cc2cc(Nc3ccnc4cc(C(=O)N5CC[C@@H](O)C5)sc34)ccc21. The highest BCUT2D eigenvalue weighted by atomic mass is 32.1. The van der Waals surface area contributed by atoms with Gasteiger partial charge in [0, 0.05) is 43.1 Å². The van der Waals surface area contributed by atoms with Crippen LogP contribution in [-0.4, -0.2) is 57.7 Å². The highest BCUT2D eigenvalue weighted by Gasteiger charge is 2.27. The Labute approximate surface area is 188 Å². The molecule has 0 bridgehead atoms. The lowest BCUT2D eigenvalue weighted by atomic mass is 10.2. The van der Waals surface area contributed by atoms with Crippen molar-refractivity contribution in [3.63, 3.8) is 0 Å². The number of likely N-dealkylation sites (tertiary alicyclic amines) is 1. The fourth-order valence-electron chi connectivity index (χ4n) is 4.19. The van der Waals surface area contributed by atoms with E-state index in [0.717, 1.165) is 38.2 Å². The number of carbonyl (C=O) groups is 2. The number of nitrogens with one attached hydrogen (secondary N) is 2. The van der Waals surface area contributed by atoms with Crippen molar-refractivity contribution in [1.29, 1.82) is 0 Å². The number of aliphatic hydroxyl groups excluding tert-OH is 1. The molecule has 4 aromatic rings. The number of hydrogen-bond donors (Lipinski definition) is 3. The van der Waals surface area contributed by atoms with Crippen LogP contribution >= 0.6 is 11.3 Å². The van der Waals surface area contributed by atoms with Crippen molar-refractivity contribution in [2.24, 2.45) is 0 Å². The number of thiophene rings is 1. The molecular weight excluding hydrogens is 426 g/mol. The third-order valence-electron chi connectivity index (χ3n) is 5.75. The summed E-state index contributed by atoms with van der Waals surface area (Å²) in [4.78, 5) is 31.8. The zero-order valence-electron chi connectivity index (χ0n) is 17.8. The second kappa shape index (κ2) is 7.92. The summed E-state index contributed by atoms with van der Waals surface area (Å²) in [6.45, 7) is 2.85. The number of amides is 2. The summed E-state index contributed by atoms with van der Waals surface area (Å²) >= 11 is 1.40. The van der Waals surface area contributed by atoms with E-state index in [-0.39, 0.29) is 11.9 Å². The van der Waals surface area contributed by atoms with Crippen LogP contribution in [0.2, 0.25) is 0 Å². The zero-order valence-corrected chi connectivity index (χ0v) is 18.6. The average molecular weight is 450 g/mol. The third kappa shape index (κ3) is 3.49. The van der Waals surface area contributed by atoms with Crippen LogP contribution in [0.1, 0.15) is 21.8 Å². The molecule has 32 heavy (non-hydrogen) atoms. The number of aromatic nitrogens is 2. The summed E-state index contributed by atoms with van der Waals surface area (Å²) in [5.41, 5.74) is 4.19. The van der Waals surface area contributed by atoms with Gasteiger partial charge in [-0.2, -0.15) is 0 Å². The second-order valence-electron chi connectivity index (χ2n) is 7.95. The third-order valence-corrected chi connectivity index (χ3v) is 6.90. The lowest BCUT2D eigenvalue weighted by Gasteiger charge is -2.13. The Morgan fingerprint density at radius 2 is 2.06 bits per heavy atom. The van der Waals surface area contributed by atoms with Gasteiger partial charge < -0.3 is 20.6 Å². The first-order valence-corrected chi connectivity index (χ1v) is 11.2. The van der Waals surface area contributed by atoms with Crippen molar-refractivity contribution in [2.45, 2.75) is 19.4 Å². The van der Waals surface area contributed by atoms with E-state index in [1.54, 1.807) is 22.7 Å². The number of benzene rings is 1. The van der Waals surface area contributed by atoms with Crippen LogP contribution < -0.4 is 10.6 Å². The first-order valence-electron chi connectivity index (χ1n) is 10.4. The van der Waals surface area contributed by atoms with Crippen molar-refractivity contribution >= 4 is 55.8 Å². The smallest absolute Gasteiger partial charge is 0.325 e. The summed E-state index contributed by atoms with van der Waals surface area (Å²) < 4.78 is 2.55. The fraction of sp³-hybridized carbons (Fsp3) is 0.261. The molecule has 8 nitrogen and oxygen atoms in total. The average Bonchev–Trinajstić information content (AvgIpc) is 3.49. The number of rotatable bonds is 3. The summed E-state index contributed by atoms with van der Waals surface area (Å²) in [5, 5.41) is 16.8. The molecule has 1 saturated heterocycles. The number of nitrogens with zero attached hydrogens (tertiary/aromatic N) is 3. The van der Waals surface area contributed by atoms with Gasteiger partial charge in [-0.15, -0.1) is 11.3 Å². The number of pyridine rings is 1. The molecule has 3 N–H and O–H groups in total. The van der Waals surface area contributed by atoms with E-state index in [1.165, 1.54) is 11.3 Å². The van der Waals surface area contributed by atoms with E-state index >= 15 is 0 Å². The molecule has 0 unspecified atom stereocenters. The number of β-amino-alcohol motifs (C(OH)–C–C–N with tert-alkyl or cyclic N) is 1. The summed E-state index contributed by atoms with van der Waals surface area (Å²) in [6.07, 6.45) is 1.89. The molecule has 1 aliphatic heterocycles. The molecular formula is C23H23N5O3S. The number of carbonyl (C=O) groups excluding carboxylic acids is 2. The maximum Gasteiger partial charge on any atom is 0.325 e. The zero-order chi connectivity index (χ0) is 22.4. The Hall–Kier alpha value is -3.43.